The molecule has 1 N–H and O–H groups in total. The van der Waals surface area contributed by atoms with Crippen LogP contribution in [0.5, 0.6) is 0 Å². The normalized spacial score (nSPS) is 20.0. The molecule has 0 unspecified atom stereocenters. The van der Waals surface area contributed by atoms with Crippen molar-refractivity contribution in [3.63, 3.8) is 0 Å². The summed E-state index contributed by atoms with van der Waals surface area (Å²) in [4.78, 5) is 24.1. The second-order valence-electron chi connectivity index (χ2n) is 11.0. The smallest absolute Gasteiger partial charge is 0.354 e. The molecule has 2 saturated heterocycles. The van der Waals surface area contributed by atoms with E-state index < -0.39 is 5.97 Å². The molecule has 0 bridgehead atoms. The predicted octanol–water partition coefficient (Wildman–Crippen LogP) is 3.76. The van der Waals surface area contributed by atoms with Crippen molar-refractivity contribution >= 4 is 22.7 Å². The molecule has 39 heavy (non-hydrogen) atoms. The highest BCUT2D eigenvalue weighted by molar-refractivity contribution is 5.98. The van der Waals surface area contributed by atoms with Gasteiger partial charge in [-0.05, 0) is 56.0 Å². The standard InChI is InChI=1S/C29H37FN6O3/c1-39-18-17-33-13-15-34(16-14-33)22-9-11-35(12-10-22)25-19-24(29(37)38)31-28-26(25)27(20-3-2-4-20)32-36(28)23-7-5-21(30)6-8-23/h5-8,19-20,22H,2-4,9-18H2,1H3,(H,37,38). The largest absolute Gasteiger partial charge is 0.477 e. The molecule has 0 spiro atoms. The zero-order valence-corrected chi connectivity index (χ0v) is 22.6. The highest BCUT2D eigenvalue weighted by Crippen LogP contribution is 2.43. The quantitative estimate of drug-likeness (QED) is 0.466. The van der Waals surface area contributed by atoms with Crippen LogP contribution >= 0.6 is 0 Å². The Balaban J connectivity index is 1.29. The Morgan fingerprint density at radius 3 is 2.38 bits per heavy atom. The van der Waals surface area contributed by atoms with Crippen molar-refractivity contribution in [1.82, 2.24) is 24.6 Å². The molecule has 0 atom stereocenters. The molecular formula is C29H37FN6O3. The lowest BCUT2D eigenvalue weighted by molar-refractivity contribution is 0.0671. The Hall–Kier alpha value is -3.08. The summed E-state index contributed by atoms with van der Waals surface area (Å²) in [6, 6.07) is 8.41. The number of methoxy groups -OCH3 is 1. The van der Waals surface area contributed by atoms with Crippen LogP contribution in [-0.4, -0.2) is 101 Å². The van der Waals surface area contributed by atoms with E-state index in [4.69, 9.17) is 9.84 Å². The number of pyridine rings is 1. The van der Waals surface area contributed by atoms with Crippen molar-refractivity contribution in [1.29, 1.82) is 0 Å². The summed E-state index contributed by atoms with van der Waals surface area (Å²) in [5, 5.41) is 15.9. The van der Waals surface area contributed by atoms with E-state index in [1.807, 2.05) is 0 Å². The molecule has 2 aromatic heterocycles. The van der Waals surface area contributed by atoms with Gasteiger partial charge in [0.05, 0.1) is 29.1 Å². The summed E-state index contributed by atoms with van der Waals surface area (Å²) in [5.41, 5.74) is 3.11. The van der Waals surface area contributed by atoms with E-state index >= 15 is 0 Å². The van der Waals surface area contributed by atoms with Crippen LogP contribution < -0.4 is 4.90 Å². The second kappa shape index (κ2) is 11.2. The number of carboxylic acid groups (broad SMARTS) is 1. The summed E-state index contributed by atoms with van der Waals surface area (Å²) in [6.45, 7) is 7.78. The summed E-state index contributed by atoms with van der Waals surface area (Å²) in [6.07, 6.45) is 5.36. The van der Waals surface area contributed by atoms with Gasteiger partial charge in [0, 0.05) is 64.9 Å². The maximum Gasteiger partial charge on any atom is 0.354 e. The lowest BCUT2D eigenvalue weighted by Crippen LogP contribution is -2.53. The highest BCUT2D eigenvalue weighted by Gasteiger charge is 2.33. The van der Waals surface area contributed by atoms with Gasteiger partial charge in [-0.3, -0.25) is 9.80 Å². The average molecular weight is 537 g/mol. The lowest BCUT2D eigenvalue weighted by atomic mass is 9.82. The molecule has 3 aliphatic rings. The third-order valence-corrected chi connectivity index (χ3v) is 8.77. The topological polar surface area (TPSA) is 87.0 Å². The molecule has 1 saturated carbocycles. The van der Waals surface area contributed by atoms with Crippen molar-refractivity contribution < 1.29 is 19.0 Å². The van der Waals surface area contributed by atoms with Crippen LogP contribution in [-0.2, 0) is 4.74 Å². The minimum Gasteiger partial charge on any atom is -0.477 e. The maximum absolute atomic E-state index is 13.7. The van der Waals surface area contributed by atoms with Crippen LogP contribution in [0.3, 0.4) is 0 Å². The number of nitrogens with zero attached hydrogens (tertiary/aromatic N) is 6. The van der Waals surface area contributed by atoms with Gasteiger partial charge in [-0.1, -0.05) is 6.42 Å². The third-order valence-electron chi connectivity index (χ3n) is 8.77. The number of aromatic carboxylic acids is 1. The van der Waals surface area contributed by atoms with Crippen molar-refractivity contribution in [2.24, 2.45) is 0 Å². The first-order chi connectivity index (χ1) is 19.0. The van der Waals surface area contributed by atoms with E-state index in [0.29, 0.717) is 23.3 Å². The Labute approximate surface area is 228 Å². The number of piperazine rings is 1. The first-order valence-electron chi connectivity index (χ1n) is 14.1. The van der Waals surface area contributed by atoms with Crippen LogP contribution in [0.1, 0.15) is 54.2 Å². The molecule has 3 fully saturated rings. The van der Waals surface area contributed by atoms with Gasteiger partial charge in [0.15, 0.2) is 11.3 Å². The third kappa shape index (κ3) is 5.25. The second-order valence-corrected chi connectivity index (χ2v) is 11.0. The molecule has 2 aliphatic heterocycles. The van der Waals surface area contributed by atoms with E-state index in [-0.39, 0.29) is 11.5 Å². The van der Waals surface area contributed by atoms with E-state index in [9.17, 15) is 14.3 Å². The van der Waals surface area contributed by atoms with Gasteiger partial charge in [0.25, 0.3) is 0 Å². The maximum atomic E-state index is 13.7. The Kier molecular flexibility index (Phi) is 7.51. The van der Waals surface area contributed by atoms with E-state index in [0.717, 1.165) is 101 Å². The highest BCUT2D eigenvalue weighted by atomic mass is 19.1. The number of fused-ring (bicyclic) bond motifs is 1. The molecule has 6 rings (SSSR count). The number of anilines is 1. The molecule has 1 aromatic carbocycles. The fraction of sp³-hybridized carbons (Fsp3) is 0.552. The first kappa shape index (κ1) is 26.2. The van der Waals surface area contributed by atoms with E-state index in [1.165, 1.54) is 12.1 Å². The number of carbonyl (C=O) groups is 1. The van der Waals surface area contributed by atoms with Crippen molar-refractivity contribution in [2.75, 3.05) is 64.4 Å². The number of carboxylic acids is 1. The van der Waals surface area contributed by atoms with Crippen molar-refractivity contribution in [3.05, 3.63) is 47.5 Å². The molecule has 4 heterocycles. The van der Waals surface area contributed by atoms with Gasteiger partial charge in [-0.15, -0.1) is 0 Å². The van der Waals surface area contributed by atoms with E-state index in [2.05, 4.69) is 19.7 Å². The minimum atomic E-state index is -1.06. The zero-order chi connectivity index (χ0) is 26.9. The SMILES string of the molecule is COCCN1CCN(C2CCN(c3cc(C(=O)O)nc4c3c(C3CCC3)nn4-c3ccc(F)cc3)CC2)CC1. The van der Waals surface area contributed by atoms with Gasteiger partial charge >= 0.3 is 5.97 Å². The van der Waals surface area contributed by atoms with Gasteiger partial charge in [-0.25, -0.2) is 18.9 Å². The average Bonchev–Trinajstić information content (AvgIpc) is 3.30. The van der Waals surface area contributed by atoms with Crippen LogP contribution in [0.15, 0.2) is 30.3 Å². The molecule has 1 aliphatic carbocycles. The van der Waals surface area contributed by atoms with E-state index in [1.54, 1.807) is 30.0 Å². The molecule has 3 aromatic rings. The summed E-state index contributed by atoms with van der Waals surface area (Å²) in [5.74, 6) is -1.05. The first-order valence-corrected chi connectivity index (χ1v) is 14.1. The zero-order valence-electron chi connectivity index (χ0n) is 22.6. The Morgan fingerprint density at radius 1 is 1.05 bits per heavy atom. The number of hydrogen-bond donors (Lipinski definition) is 1. The molecule has 0 amide bonds. The minimum absolute atomic E-state index is 0.00947. The van der Waals surface area contributed by atoms with Crippen molar-refractivity contribution in [3.8, 4) is 5.69 Å². The molecular weight excluding hydrogens is 499 g/mol. The molecule has 9 nitrogen and oxygen atoms in total. The number of benzene rings is 1. The Morgan fingerprint density at radius 2 is 1.77 bits per heavy atom. The summed E-state index contributed by atoms with van der Waals surface area (Å²) >= 11 is 0. The van der Waals surface area contributed by atoms with Gasteiger partial charge in [0.2, 0.25) is 0 Å². The number of aromatic nitrogens is 3. The van der Waals surface area contributed by atoms with Gasteiger partial charge in [0.1, 0.15) is 5.82 Å². The van der Waals surface area contributed by atoms with Gasteiger partial charge in [-0.2, -0.15) is 5.10 Å². The summed E-state index contributed by atoms with van der Waals surface area (Å²) < 4.78 is 20.6. The fourth-order valence-corrected chi connectivity index (χ4v) is 6.26. The number of halogens is 1. The van der Waals surface area contributed by atoms with Crippen LogP contribution in [0.4, 0.5) is 10.1 Å². The number of ether oxygens (including phenoxy) is 1. The van der Waals surface area contributed by atoms with Crippen LogP contribution in [0, 0.1) is 5.82 Å². The molecule has 0 radical (unpaired) electrons. The summed E-state index contributed by atoms with van der Waals surface area (Å²) in [7, 11) is 1.75. The van der Waals surface area contributed by atoms with Gasteiger partial charge < -0.3 is 14.7 Å². The molecule has 208 valence electrons. The fourth-order valence-electron chi connectivity index (χ4n) is 6.26. The predicted molar refractivity (Wildman–Crippen MR) is 147 cm³/mol. The number of piperidine rings is 1. The Bertz CT molecular complexity index is 1310. The van der Waals surface area contributed by atoms with Crippen LogP contribution in [0.25, 0.3) is 16.7 Å². The lowest BCUT2D eigenvalue weighted by Gasteiger charge is -2.43. The monoisotopic (exact) mass is 536 g/mol. The number of hydrogen-bond acceptors (Lipinski definition) is 7. The number of rotatable bonds is 8. The van der Waals surface area contributed by atoms with Crippen LogP contribution in [0.2, 0.25) is 0 Å². The van der Waals surface area contributed by atoms with Crippen molar-refractivity contribution in [2.45, 2.75) is 44.1 Å². The molecule has 10 heteroatoms.